The van der Waals surface area contributed by atoms with Gasteiger partial charge in [-0.1, -0.05) is 44.2 Å². The second-order valence-corrected chi connectivity index (χ2v) is 5.09. The highest BCUT2D eigenvalue weighted by atomic mass is 16.5. The van der Waals surface area contributed by atoms with Crippen molar-refractivity contribution < 1.29 is 9.84 Å². The zero-order valence-electron chi connectivity index (χ0n) is 12.5. The zero-order chi connectivity index (χ0) is 15.4. The summed E-state index contributed by atoms with van der Waals surface area (Å²) < 4.78 is 5.68. The van der Waals surface area contributed by atoms with E-state index in [2.05, 4.69) is 9.97 Å². The topological polar surface area (TPSA) is 75.2 Å². The molecule has 0 amide bonds. The molecule has 1 atom stereocenters. The molecule has 2 N–H and O–H groups in total. The maximum atomic E-state index is 12.1. The standard InChI is InChI=1S/C16H20N2O3/c1-4-21-13(11-8-6-5-7-9-11)14-17-15(19)12(10(2)3)16(20)18-14/h5-10,13H,4H2,1-3H3,(H2,17,18,19,20). The van der Waals surface area contributed by atoms with Crippen LogP contribution < -0.4 is 5.56 Å². The average Bonchev–Trinajstić information content (AvgIpc) is 2.44. The molecular weight excluding hydrogens is 268 g/mol. The number of nitrogens with one attached hydrogen (secondary N) is 1. The Bertz CT molecular complexity index is 650. The highest BCUT2D eigenvalue weighted by Gasteiger charge is 2.21. The van der Waals surface area contributed by atoms with E-state index in [0.29, 0.717) is 18.0 Å². The number of hydrogen-bond donors (Lipinski definition) is 2. The summed E-state index contributed by atoms with van der Waals surface area (Å²) in [5.74, 6) is -0.0168. The Morgan fingerprint density at radius 2 is 1.95 bits per heavy atom. The summed E-state index contributed by atoms with van der Waals surface area (Å²) in [5, 5.41) is 10.0. The lowest BCUT2D eigenvalue weighted by Gasteiger charge is -2.17. The maximum absolute atomic E-state index is 12.1. The van der Waals surface area contributed by atoms with Crippen molar-refractivity contribution in [1.29, 1.82) is 0 Å². The smallest absolute Gasteiger partial charge is 0.258 e. The van der Waals surface area contributed by atoms with Crippen molar-refractivity contribution in [3.63, 3.8) is 0 Å². The predicted molar refractivity (Wildman–Crippen MR) is 80.5 cm³/mol. The van der Waals surface area contributed by atoms with Crippen LogP contribution in [-0.4, -0.2) is 21.7 Å². The lowest BCUT2D eigenvalue weighted by atomic mass is 10.1. The largest absolute Gasteiger partial charge is 0.493 e. The average molecular weight is 288 g/mol. The van der Waals surface area contributed by atoms with Crippen molar-refractivity contribution >= 4 is 0 Å². The third kappa shape index (κ3) is 3.31. The van der Waals surface area contributed by atoms with E-state index in [-0.39, 0.29) is 17.4 Å². The Hall–Kier alpha value is -2.14. The number of ether oxygens (including phenoxy) is 1. The minimum absolute atomic E-state index is 0.0995. The van der Waals surface area contributed by atoms with Crippen molar-refractivity contribution in [2.24, 2.45) is 0 Å². The second-order valence-electron chi connectivity index (χ2n) is 5.09. The molecule has 2 aromatic rings. The Kier molecular flexibility index (Phi) is 4.75. The van der Waals surface area contributed by atoms with Crippen LogP contribution in [0, 0.1) is 0 Å². The lowest BCUT2D eigenvalue weighted by molar-refractivity contribution is 0.0843. The van der Waals surface area contributed by atoms with E-state index in [9.17, 15) is 9.90 Å². The Morgan fingerprint density at radius 1 is 1.29 bits per heavy atom. The van der Waals surface area contributed by atoms with Crippen LogP contribution >= 0.6 is 0 Å². The molecule has 0 aliphatic carbocycles. The maximum Gasteiger partial charge on any atom is 0.258 e. The molecule has 2 rings (SSSR count). The van der Waals surface area contributed by atoms with Crippen LogP contribution in [0.25, 0.3) is 0 Å². The van der Waals surface area contributed by atoms with Gasteiger partial charge in [0, 0.05) is 6.61 Å². The summed E-state index contributed by atoms with van der Waals surface area (Å²) in [6.45, 7) is 6.01. The molecule has 1 unspecified atom stereocenters. The molecule has 0 aliphatic heterocycles. The van der Waals surface area contributed by atoms with Crippen molar-refractivity contribution in [3.8, 4) is 5.88 Å². The Labute approximate surface area is 123 Å². The molecule has 1 aromatic heterocycles. The SMILES string of the molecule is CCOC(c1ccccc1)c1nc(O)c(C(C)C)c(=O)[nH]1. The van der Waals surface area contributed by atoms with Crippen LogP contribution in [0.2, 0.25) is 0 Å². The van der Waals surface area contributed by atoms with Gasteiger partial charge in [0.1, 0.15) is 11.9 Å². The van der Waals surface area contributed by atoms with E-state index in [0.717, 1.165) is 5.56 Å². The molecule has 0 saturated carbocycles. The quantitative estimate of drug-likeness (QED) is 0.887. The third-order valence-electron chi connectivity index (χ3n) is 3.21. The van der Waals surface area contributed by atoms with Crippen LogP contribution in [0.15, 0.2) is 35.1 Å². The number of H-pyrrole nitrogens is 1. The molecule has 0 bridgehead atoms. The fraction of sp³-hybridized carbons (Fsp3) is 0.375. The zero-order valence-corrected chi connectivity index (χ0v) is 12.5. The van der Waals surface area contributed by atoms with Gasteiger partial charge in [0.15, 0.2) is 0 Å². The van der Waals surface area contributed by atoms with E-state index in [1.54, 1.807) is 0 Å². The van der Waals surface area contributed by atoms with E-state index in [4.69, 9.17) is 4.74 Å². The third-order valence-corrected chi connectivity index (χ3v) is 3.21. The van der Waals surface area contributed by atoms with Gasteiger partial charge in [-0.15, -0.1) is 0 Å². The molecule has 112 valence electrons. The summed E-state index contributed by atoms with van der Waals surface area (Å²) in [4.78, 5) is 19.0. The summed E-state index contributed by atoms with van der Waals surface area (Å²) in [6.07, 6.45) is -0.504. The highest BCUT2D eigenvalue weighted by Crippen LogP contribution is 2.26. The van der Waals surface area contributed by atoms with E-state index >= 15 is 0 Å². The molecular formula is C16H20N2O3. The van der Waals surface area contributed by atoms with E-state index in [1.807, 2.05) is 51.1 Å². The normalized spacial score (nSPS) is 12.6. The first kappa shape index (κ1) is 15.3. The first-order valence-corrected chi connectivity index (χ1v) is 7.04. The molecule has 5 heteroatoms. The molecule has 0 radical (unpaired) electrons. The second kappa shape index (κ2) is 6.54. The first-order valence-electron chi connectivity index (χ1n) is 7.04. The minimum atomic E-state index is -0.504. The molecule has 0 spiro atoms. The van der Waals surface area contributed by atoms with Crippen LogP contribution in [0.3, 0.4) is 0 Å². The summed E-state index contributed by atoms with van der Waals surface area (Å²) in [7, 11) is 0. The van der Waals surface area contributed by atoms with Crippen molar-refractivity contribution in [2.75, 3.05) is 6.61 Å². The van der Waals surface area contributed by atoms with Gasteiger partial charge >= 0.3 is 0 Å². The minimum Gasteiger partial charge on any atom is -0.493 e. The molecule has 0 aliphatic rings. The van der Waals surface area contributed by atoms with Gasteiger partial charge in [-0.25, -0.2) is 0 Å². The molecule has 0 saturated heterocycles. The Balaban J connectivity index is 2.50. The van der Waals surface area contributed by atoms with Crippen LogP contribution in [-0.2, 0) is 4.74 Å². The number of aromatic hydroxyl groups is 1. The van der Waals surface area contributed by atoms with E-state index < -0.39 is 6.10 Å². The van der Waals surface area contributed by atoms with Gasteiger partial charge in [0.25, 0.3) is 5.56 Å². The van der Waals surface area contributed by atoms with Crippen molar-refractivity contribution in [1.82, 2.24) is 9.97 Å². The number of nitrogens with zero attached hydrogens (tertiary/aromatic N) is 1. The van der Waals surface area contributed by atoms with Crippen molar-refractivity contribution in [2.45, 2.75) is 32.8 Å². The van der Waals surface area contributed by atoms with Gasteiger partial charge in [-0.3, -0.25) is 4.79 Å². The molecule has 1 heterocycles. The van der Waals surface area contributed by atoms with Gasteiger partial charge in [-0.05, 0) is 18.4 Å². The van der Waals surface area contributed by atoms with Crippen molar-refractivity contribution in [3.05, 3.63) is 57.6 Å². The van der Waals surface area contributed by atoms with E-state index in [1.165, 1.54) is 0 Å². The number of aromatic amines is 1. The Morgan fingerprint density at radius 3 is 2.48 bits per heavy atom. The monoisotopic (exact) mass is 288 g/mol. The molecule has 5 nitrogen and oxygen atoms in total. The first-order chi connectivity index (χ1) is 10.0. The number of rotatable bonds is 5. The number of hydrogen-bond acceptors (Lipinski definition) is 4. The highest BCUT2D eigenvalue weighted by molar-refractivity contribution is 5.29. The molecule has 21 heavy (non-hydrogen) atoms. The van der Waals surface area contributed by atoms with Gasteiger partial charge < -0.3 is 14.8 Å². The molecule has 1 aromatic carbocycles. The fourth-order valence-electron chi connectivity index (χ4n) is 2.26. The van der Waals surface area contributed by atoms with Gasteiger partial charge in [0.05, 0.1) is 5.56 Å². The number of aromatic nitrogens is 2. The summed E-state index contributed by atoms with van der Waals surface area (Å²) in [5.41, 5.74) is 0.842. The summed E-state index contributed by atoms with van der Waals surface area (Å²) in [6, 6.07) is 9.48. The fourth-order valence-corrected chi connectivity index (χ4v) is 2.26. The van der Waals surface area contributed by atoms with Gasteiger partial charge in [0.2, 0.25) is 5.88 Å². The molecule has 0 fully saturated rings. The van der Waals surface area contributed by atoms with Crippen LogP contribution in [0.5, 0.6) is 5.88 Å². The van der Waals surface area contributed by atoms with Gasteiger partial charge in [-0.2, -0.15) is 4.98 Å². The number of benzene rings is 1. The summed E-state index contributed by atoms with van der Waals surface area (Å²) >= 11 is 0. The lowest BCUT2D eigenvalue weighted by Crippen LogP contribution is -2.21. The van der Waals surface area contributed by atoms with Crippen LogP contribution in [0.4, 0.5) is 0 Å². The predicted octanol–water partition coefficient (Wildman–Crippen LogP) is 2.72. The van der Waals surface area contributed by atoms with Crippen LogP contribution in [0.1, 0.15) is 49.7 Å².